The highest BCUT2D eigenvalue weighted by Crippen LogP contribution is 2.17. The van der Waals surface area contributed by atoms with Crippen molar-refractivity contribution >= 4 is 17.7 Å². The number of aryl methyl sites for hydroxylation is 1. The lowest BCUT2D eigenvalue weighted by molar-refractivity contribution is 0.0961. The maximum absolute atomic E-state index is 12.7. The molecule has 0 unspecified atom stereocenters. The van der Waals surface area contributed by atoms with Crippen LogP contribution in [0.25, 0.3) is 0 Å². The maximum Gasteiger partial charge on any atom is 0.251 e. The summed E-state index contributed by atoms with van der Waals surface area (Å²) in [6.07, 6.45) is 0. The lowest BCUT2D eigenvalue weighted by Gasteiger charge is -2.05. The van der Waals surface area contributed by atoms with E-state index in [-0.39, 0.29) is 11.7 Å². The molecule has 0 aliphatic heterocycles. The third-order valence-electron chi connectivity index (χ3n) is 2.60. The highest BCUT2D eigenvalue weighted by Gasteiger charge is 2.04. The van der Waals surface area contributed by atoms with Gasteiger partial charge in [0, 0.05) is 10.5 Å². The van der Waals surface area contributed by atoms with Crippen LogP contribution in [0.5, 0.6) is 0 Å². The summed E-state index contributed by atoms with van der Waals surface area (Å²) in [7, 11) is 0. The van der Waals surface area contributed by atoms with E-state index in [1.54, 1.807) is 11.8 Å². The number of hydrogen-bond acceptors (Lipinski definition) is 2. The van der Waals surface area contributed by atoms with Gasteiger partial charge in [-0.3, -0.25) is 4.79 Å². The van der Waals surface area contributed by atoms with Gasteiger partial charge < -0.3 is 5.32 Å². The molecule has 0 saturated carbocycles. The van der Waals surface area contributed by atoms with Crippen LogP contribution in [0.15, 0.2) is 53.4 Å². The molecule has 0 spiro atoms. The number of rotatable bonds is 4. The van der Waals surface area contributed by atoms with E-state index in [1.165, 1.54) is 29.8 Å². The van der Waals surface area contributed by atoms with Crippen LogP contribution < -0.4 is 5.32 Å². The summed E-state index contributed by atoms with van der Waals surface area (Å²) in [4.78, 5) is 12.9. The van der Waals surface area contributed by atoms with Crippen LogP contribution in [0.3, 0.4) is 0 Å². The van der Waals surface area contributed by atoms with Crippen molar-refractivity contribution in [3.8, 4) is 0 Å². The van der Waals surface area contributed by atoms with Crippen molar-refractivity contribution in [1.82, 2.24) is 5.32 Å². The number of carbonyl (C=O) groups is 1. The number of benzene rings is 2. The van der Waals surface area contributed by atoms with Gasteiger partial charge >= 0.3 is 0 Å². The van der Waals surface area contributed by atoms with Gasteiger partial charge in [-0.05, 0) is 43.3 Å². The molecule has 2 aromatic carbocycles. The van der Waals surface area contributed by atoms with Crippen LogP contribution in [-0.4, -0.2) is 11.8 Å². The summed E-state index contributed by atoms with van der Waals surface area (Å²) in [5.74, 6) is -0.0515. The third kappa shape index (κ3) is 4.10. The topological polar surface area (TPSA) is 29.1 Å². The van der Waals surface area contributed by atoms with Crippen molar-refractivity contribution in [2.75, 3.05) is 5.88 Å². The Balaban J connectivity index is 1.84. The van der Waals surface area contributed by atoms with Crippen LogP contribution in [0.4, 0.5) is 4.39 Å². The van der Waals surface area contributed by atoms with E-state index >= 15 is 0 Å². The quantitative estimate of drug-likeness (QED) is 0.682. The number of nitrogens with one attached hydrogen (secondary N) is 1. The Morgan fingerprint density at radius 3 is 2.37 bits per heavy atom. The fourth-order valence-electron chi connectivity index (χ4n) is 1.52. The van der Waals surface area contributed by atoms with Crippen LogP contribution in [0, 0.1) is 12.7 Å². The molecule has 0 bridgehead atoms. The summed E-state index contributed by atoms with van der Waals surface area (Å²) in [5, 5.41) is 2.78. The third-order valence-corrected chi connectivity index (χ3v) is 3.49. The number of thioether (sulfide) groups is 1. The molecule has 1 N–H and O–H groups in total. The first kappa shape index (κ1) is 13.6. The standard InChI is InChI=1S/C15H14FNOS/c1-11-2-8-14(9-3-11)19-10-17-15(18)12-4-6-13(16)7-5-12/h2-9H,10H2,1H3,(H,17,18). The minimum Gasteiger partial charge on any atom is -0.343 e. The lowest BCUT2D eigenvalue weighted by atomic mass is 10.2. The van der Waals surface area contributed by atoms with Gasteiger partial charge in [0.15, 0.2) is 0 Å². The van der Waals surface area contributed by atoms with Gasteiger partial charge in [-0.1, -0.05) is 17.7 Å². The highest BCUT2D eigenvalue weighted by molar-refractivity contribution is 7.99. The molecular formula is C15H14FNOS. The van der Waals surface area contributed by atoms with Gasteiger partial charge in [0.1, 0.15) is 5.82 Å². The van der Waals surface area contributed by atoms with E-state index in [0.29, 0.717) is 11.4 Å². The summed E-state index contributed by atoms with van der Waals surface area (Å²) in [6.45, 7) is 2.03. The molecule has 0 fully saturated rings. The molecule has 98 valence electrons. The molecule has 19 heavy (non-hydrogen) atoms. The van der Waals surface area contributed by atoms with Crippen LogP contribution in [0.2, 0.25) is 0 Å². The van der Waals surface area contributed by atoms with Gasteiger partial charge in [0.05, 0.1) is 5.88 Å². The number of halogens is 1. The molecule has 2 rings (SSSR count). The molecule has 0 atom stereocenters. The van der Waals surface area contributed by atoms with Gasteiger partial charge in [-0.15, -0.1) is 11.8 Å². The summed E-state index contributed by atoms with van der Waals surface area (Å²) in [6, 6.07) is 13.6. The molecule has 0 saturated heterocycles. The van der Waals surface area contributed by atoms with E-state index in [1.807, 2.05) is 31.2 Å². The Hall–Kier alpha value is -1.81. The molecule has 0 aromatic heterocycles. The molecule has 2 aromatic rings. The maximum atomic E-state index is 12.7. The monoisotopic (exact) mass is 275 g/mol. The van der Waals surface area contributed by atoms with Crippen molar-refractivity contribution in [2.24, 2.45) is 0 Å². The van der Waals surface area contributed by atoms with E-state index < -0.39 is 0 Å². The van der Waals surface area contributed by atoms with Gasteiger partial charge in [-0.25, -0.2) is 4.39 Å². The second-order valence-corrected chi connectivity index (χ2v) is 5.16. The zero-order valence-electron chi connectivity index (χ0n) is 10.5. The van der Waals surface area contributed by atoms with Crippen LogP contribution in [0.1, 0.15) is 15.9 Å². The zero-order valence-corrected chi connectivity index (χ0v) is 11.3. The fourth-order valence-corrected chi connectivity index (χ4v) is 2.22. The van der Waals surface area contributed by atoms with E-state index in [9.17, 15) is 9.18 Å². The average molecular weight is 275 g/mol. The molecule has 0 heterocycles. The fraction of sp³-hybridized carbons (Fsp3) is 0.133. The van der Waals surface area contributed by atoms with E-state index in [0.717, 1.165) is 4.90 Å². The first-order valence-corrected chi connectivity index (χ1v) is 6.87. The van der Waals surface area contributed by atoms with Gasteiger partial charge in [-0.2, -0.15) is 0 Å². The molecular weight excluding hydrogens is 261 g/mol. The SMILES string of the molecule is Cc1ccc(SCNC(=O)c2ccc(F)cc2)cc1. The lowest BCUT2D eigenvalue weighted by Crippen LogP contribution is -2.22. The summed E-state index contributed by atoms with van der Waals surface area (Å²) in [5.41, 5.74) is 1.67. The number of carbonyl (C=O) groups excluding carboxylic acids is 1. The Kier molecular flexibility index (Phi) is 4.58. The van der Waals surface area contributed by atoms with Crippen LogP contribution >= 0.6 is 11.8 Å². The predicted molar refractivity (Wildman–Crippen MR) is 75.8 cm³/mol. The Bertz CT molecular complexity index is 551. The first-order chi connectivity index (χ1) is 9.15. The Labute approximate surface area is 116 Å². The Morgan fingerprint density at radius 1 is 1.11 bits per heavy atom. The normalized spacial score (nSPS) is 10.2. The highest BCUT2D eigenvalue weighted by atomic mass is 32.2. The smallest absolute Gasteiger partial charge is 0.251 e. The molecule has 4 heteroatoms. The largest absolute Gasteiger partial charge is 0.343 e. The number of hydrogen-bond donors (Lipinski definition) is 1. The Morgan fingerprint density at radius 2 is 1.74 bits per heavy atom. The van der Waals surface area contributed by atoms with Crippen molar-refractivity contribution in [2.45, 2.75) is 11.8 Å². The minimum atomic E-state index is -0.342. The predicted octanol–water partition coefficient (Wildman–Crippen LogP) is 3.61. The van der Waals surface area contributed by atoms with Crippen molar-refractivity contribution in [1.29, 1.82) is 0 Å². The van der Waals surface area contributed by atoms with Crippen molar-refractivity contribution in [3.05, 3.63) is 65.5 Å². The first-order valence-electron chi connectivity index (χ1n) is 5.88. The second-order valence-electron chi connectivity index (χ2n) is 4.11. The summed E-state index contributed by atoms with van der Waals surface area (Å²) < 4.78 is 12.7. The van der Waals surface area contributed by atoms with Crippen LogP contribution in [-0.2, 0) is 0 Å². The molecule has 1 amide bonds. The molecule has 0 aliphatic rings. The average Bonchev–Trinajstić information content (AvgIpc) is 2.41. The van der Waals surface area contributed by atoms with Crippen molar-refractivity contribution in [3.63, 3.8) is 0 Å². The van der Waals surface area contributed by atoms with Crippen molar-refractivity contribution < 1.29 is 9.18 Å². The van der Waals surface area contributed by atoms with E-state index in [4.69, 9.17) is 0 Å². The zero-order chi connectivity index (χ0) is 13.7. The van der Waals surface area contributed by atoms with Gasteiger partial charge in [0.2, 0.25) is 0 Å². The minimum absolute atomic E-state index is 0.195. The number of amides is 1. The van der Waals surface area contributed by atoms with E-state index in [2.05, 4.69) is 5.32 Å². The molecule has 0 aliphatic carbocycles. The van der Waals surface area contributed by atoms with Gasteiger partial charge in [0.25, 0.3) is 5.91 Å². The molecule has 2 nitrogen and oxygen atoms in total. The summed E-state index contributed by atoms with van der Waals surface area (Å²) >= 11 is 1.55. The second kappa shape index (κ2) is 6.38. The molecule has 0 radical (unpaired) electrons.